The average molecular weight is 449 g/mol. The van der Waals surface area contributed by atoms with Gasteiger partial charge in [0.1, 0.15) is 4.90 Å². The number of aromatic nitrogens is 2. The highest BCUT2D eigenvalue weighted by atomic mass is 32.2. The number of hydrogen-bond donors (Lipinski definition) is 0. The van der Waals surface area contributed by atoms with Crippen LogP contribution in [0.15, 0.2) is 35.4 Å². The fourth-order valence-electron chi connectivity index (χ4n) is 3.64. The Bertz CT molecular complexity index is 1210. The maximum absolute atomic E-state index is 13.3. The summed E-state index contributed by atoms with van der Waals surface area (Å²) in [5, 5.41) is 5.00. The molecular formula is C20H24N4O4S2. The summed E-state index contributed by atoms with van der Waals surface area (Å²) in [6.45, 7) is 2.39. The molecule has 1 aliphatic heterocycles. The van der Waals surface area contributed by atoms with E-state index in [2.05, 4.69) is 5.10 Å². The standard InChI is InChI=1S/C20H24N4O4S2/c1-13-17(11-21-23(13)4)30(26,27)24-9-10-28-15(12-24)18-14-7-5-6-8-16(14)29-19(18)20(25)22(2)3/h5-8,11,15H,9-10,12H2,1-4H3/t15-/m0/s1. The molecule has 1 atom stereocenters. The highest BCUT2D eigenvalue weighted by Gasteiger charge is 2.36. The van der Waals surface area contributed by atoms with E-state index in [0.717, 1.165) is 15.6 Å². The van der Waals surface area contributed by atoms with Gasteiger partial charge in [0.2, 0.25) is 10.0 Å². The first kappa shape index (κ1) is 21.0. The number of amides is 1. The topological polar surface area (TPSA) is 84.7 Å². The van der Waals surface area contributed by atoms with Gasteiger partial charge in [-0.1, -0.05) is 18.2 Å². The molecular weight excluding hydrogens is 424 g/mol. The van der Waals surface area contributed by atoms with Crippen LogP contribution in [0.25, 0.3) is 10.1 Å². The number of sulfonamides is 1. The number of hydrogen-bond acceptors (Lipinski definition) is 6. The van der Waals surface area contributed by atoms with Crippen LogP contribution in [-0.2, 0) is 21.8 Å². The highest BCUT2D eigenvalue weighted by Crippen LogP contribution is 2.39. The van der Waals surface area contributed by atoms with E-state index in [4.69, 9.17) is 4.74 Å². The zero-order valence-electron chi connectivity index (χ0n) is 17.3. The highest BCUT2D eigenvalue weighted by molar-refractivity contribution is 7.89. The Morgan fingerprint density at radius 2 is 2.03 bits per heavy atom. The van der Waals surface area contributed by atoms with Crippen LogP contribution >= 0.6 is 11.3 Å². The monoisotopic (exact) mass is 448 g/mol. The first-order valence-corrected chi connectivity index (χ1v) is 11.8. The average Bonchev–Trinajstić information content (AvgIpc) is 3.28. The van der Waals surface area contributed by atoms with E-state index in [9.17, 15) is 13.2 Å². The lowest BCUT2D eigenvalue weighted by Crippen LogP contribution is -2.42. The van der Waals surface area contributed by atoms with Gasteiger partial charge in [0.25, 0.3) is 5.91 Å². The third kappa shape index (κ3) is 3.43. The molecule has 0 saturated carbocycles. The summed E-state index contributed by atoms with van der Waals surface area (Å²) in [7, 11) is 1.41. The fraction of sp³-hybridized carbons (Fsp3) is 0.400. The molecule has 0 aliphatic carbocycles. The number of ether oxygens (including phenoxy) is 1. The van der Waals surface area contributed by atoms with Crippen LogP contribution < -0.4 is 0 Å². The Kier molecular flexibility index (Phi) is 5.43. The lowest BCUT2D eigenvalue weighted by atomic mass is 10.0. The second-order valence-electron chi connectivity index (χ2n) is 7.48. The summed E-state index contributed by atoms with van der Waals surface area (Å²) >= 11 is 1.41. The van der Waals surface area contributed by atoms with Gasteiger partial charge in [-0.3, -0.25) is 9.48 Å². The molecule has 3 heterocycles. The van der Waals surface area contributed by atoms with E-state index >= 15 is 0 Å². The van der Waals surface area contributed by atoms with Crippen LogP contribution in [-0.4, -0.2) is 67.1 Å². The van der Waals surface area contributed by atoms with Crippen LogP contribution in [0.2, 0.25) is 0 Å². The number of rotatable bonds is 4. The molecule has 1 aliphatic rings. The van der Waals surface area contributed by atoms with Crippen molar-refractivity contribution in [2.45, 2.75) is 17.9 Å². The van der Waals surface area contributed by atoms with Crippen molar-refractivity contribution in [2.24, 2.45) is 7.05 Å². The van der Waals surface area contributed by atoms with Crippen molar-refractivity contribution >= 4 is 37.4 Å². The number of morpholine rings is 1. The molecule has 1 fully saturated rings. The third-order valence-electron chi connectivity index (χ3n) is 5.39. The quantitative estimate of drug-likeness (QED) is 0.612. The number of fused-ring (bicyclic) bond motifs is 1. The fourth-order valence-corrected chi connectivity index (χ4v) is 6.52. The molecule has 1 amide bonds. The summed E-state index contributed by atoms with van der Waals surface area (Å²) in [5.41, 5.74) is 1.35. The Morgan fingerprint density at radius 1 is 1.30 bits per heavy atom. The first-order valence-electron chi connectivity index (χ1n) is 9.55. The van der Waals surface area contributed by atoms with Crippen molar-refractivity contribution in [3.05, 3.63) is 46.6 Å². The molecule has 3 aromatic rings. The minimum absolute atomic E-state index is 0.113. The van der Waals surface area contributed by atoms with Gasteiger partial charge in [-0.05, 0) is 18.4 Å². The smallest absolute Gasteiger partial charge is 0.263 e. The van der Waals surface area contributed by atoms with E-state index in [1.165, 1.54) is 26.7 Å². The molecule has 4 rings (SSSR count). The van der Waals surface area contributed by atoms with Gasteiger partial charge in [-0.15, -0.1) is 11.3 Å². The number of benzene rings is 1. The molecule has 8 nitrogen and oxygen atoms in total. The molecule has 10 heteroatoms. The summed E-state index contributed by atoms with van der Waals surface area (Å²) < 4.78 is 36.5. The Balaban J connectivity index is 1.75. The van der Waals surface area contributed by atoms with E-state index in [0.29, 0.717) is 10.6 Å². The number of aryl methyl sites for hydroxylation is 1. The molecule has 2 aromatic heterocycles. The number of carbonyl (C=O) groups is 1. The van der Waals surface area contributed by atoms with Crippen LogP contribution in [0, 0.1) is 6.92 Å². The molecule has 1 aromatic carbocycles. The molecule has 160 valence electrons. The lowest BCUT2D eigenvalue weighted by molar-refractivity contribution is -0.00204. The van der Waals surface area contributed by atoms with E-state index < -0.39 is 16.1 Å². The molecule has 0 unspecified atom stereocenters. The Morgan fingerprint density at radius 3 is 2.70 bits per heavy atom. The third-order valence-corrected chi connectivity index (χ3v) is 8.54. The summed E-state index contributed by atoms with van der Waals surface area (Å²) in [4.78, 5) is 15.2. The van der Waals surface area contributed by atoms with Crippen LogP contribution in [0.3, 0.4) is 0 Å². The maximum atomic E-state index is 13.3. The SMILES string of the molecule is Cc1c(S(=O)(=O)N2CCO[C@H](c3c(C(=O)N(C)C)sc4ccccc34)C2)cnn1C. The van der Waals surface area contributed by atoms with Crippen molar-refractivity contribution in [1.82, 2.24) is 19.0 Å². The summed E-state index contributed by atoms with van der Waals surface area (Å²) in [6, 6.07) is 7.76. The van der Waals surface area contributed by atoms with E-state index in [1.54, 1.807) is 32.7 Å². The zero-order chi connectivity index (χ0) is 21.6. The number of carbonyl (C=O) groups excluding carboxylic acids is 1. The van der Waals surface area contributed by atoms with Crippen molar-refractivity contribution in [2.75, 3.05) is 33.8 Å². The van der Waals surface area contributed by atoms with Gasteiger partial charge in [0.15, 0.2) is 0 Å². The van der Waals surface area contributed by atoms with Gasteiger partial charge in [0.05, 0.1) is 29.5 Å². The summed E-state index contributed by atoms with van der Waals surface area (Å²) in [6.07, 6.45) is 0.858. The zero-order valence-corrected chi connectivity index (χ0v) is 19.0. The predicted octanol–water partition coefficient (Wildman–Crippen LogP) is 2.41. The molecule has 30 heavy (non-hydrogen) atoms. The van der Waals surface area contributed by atoms with Gasteiger partial charge in [0, 0.05) is 44.5 Å². The van der Waals surface area contributed by atoms with Crippen LogP contribution in [0.1, 0.15) is 27.0 Å². The molecule has 0 spiro atoms. The lowest BCUT2D eigenvalue weighted by Gasteiger charge is -2.32. The molecule has 0 bridgehead atoms. The minimum Gasteiger partial charge on any atom is -0.371 e. The van der Waals surface area contributed by atoms with Crippen molar-refractivity contribution in [3.63, 3.8) is 0 Å². The maximum Gasteiger partial charge on any atom is 0.263 e. The van der Waals surface area contributed by atoms with Crippen molar-refractivity contribution in [1.29, 1.82) is 0 Å². The van der Waals surface area contributed by atoms with Crippen LogP contribution in [0.5, 0.6) is 0 Å². The second-order valence-corrected chi connectivity index (χ2v) is 10.4. The largest absolute Gasteiger partial charge is 0.371 e. The molecule has 0 radical (unpaired) electrons. The predicted molar refractivity (Wildman–Crippen MR) is 115 cm³/mol. The second kappa shape index (κ2) is 7.77. The first-order chi connectivity index (χ1) is 14.2. The van der Waals surface area contributed by atoms with Gasteiger partial charge >= 0.3 is 0 Å². The van der Waals surface area contributed by atoms with Gasteiger partial charge < -0.3 is 9.64 Å². The molecule has 0 N–H and O–H groups in total. The summed E-state index contributed by atoms with van der Waals surface area (Å²) in [5.74, 6) is -0.113. The van der Waals surface area contributed by atoms with Gasteiger partial charge in [-0.2, -0.15) is 9.40 Å². The van der Waals surface area contributed by atoms with Crippen LogP contribution in [0.4, 0.5) is 0 Å². The normalized spacial score (nSPS) is 18.1. The van der Waals surface area contributed by atoms with Gasteiger partial charge in [-0.25, -0.2) is 8.42 Å². The Labute approximate surface area is 179 Å². The number of nitrogens with zero attached hydrogens (tertiary/aromatic N) is 4. The molecule has 1 saturated heterocycles. The van der Waals surface area contributed by atoms with E-state index in [-0.39, 0.29) is 30.5 Å². The number of thiophene rings is 1. The minimum atomic E-state index is -3.72. The van der Waals surface area contributed by atoms with Crippen molar-refractivity contribution in [3.8, 4) is 0 Å². The Hall–Kier alpha value is -2.27. The van der Waals surface area contributed by atoms with E-state index in [1.807, 2.05) is 24.3 Å². The van der Waals surface area contributed by atoms with Crippen molar-refractivity contribution < 1.29 is 17.9 Å².